The molecule has 0 aliphatic heterocycles. The van der Waals surface area contributed by atoms with Gasteiger partial charge in [-0.1, -0.05) is 44.2 Å². The van der Waals surface area contributed by atoms with Gasteiger partial charge in [-0.05, 0) is 49.5 Å². The van der Waals surface area contributed by atoms with E-state index < -0.39 is 10.0 Å². The van der Waals surface area contributed by atoms with Crippen LogP contribution in [0.3, 0.4) is 0 Å². The molecule has 1 aliphatic rings. The quantitative estimate of drug-likeness (QED) is 0.760. The van der Waals surface area contributed by atoms with Gasteiger partial charge in [0.25, 0.3) is 0 Å². The lowest BCUT2D eigenvalue weighted by Crippen LogP contribution is -2.21. The van der Waals surface area contributed by atoms with E-state index >= 15 is 0 Å². The fraction of sp³-hybridized carbons (Fsp3) is 0.625. The van der Waals surface area contributed by atoms with Crippen molar-refractivity contribution in [1.29, 1.82) is 0 Å². The van der Waals surface area contributed by atoms with Crippen molar-refractivity contribution in [1.82, 2.24) is 5.32 Å². The molecule has 0 atom stereocenters. The smallest absolute Gasteiger partial charge is 0.238 e. The summed E-state index contributed by atoms with van der Waals surface area (Å²) in [6.45, 7) is 2.02. The van der Waals surface area contributed by atoms with Crippen molar-refractivity contribution in [3.8, 4) is 0 Å². The van der Waals surface area contributed by atoms with Crippen LogP contribution in [0.25, 0.3) is 0 Å². The third-order valence-electron chi connectivity index (χ3n) is 4.30. The van der Waals surface area contributed by atoms with Crippen molar-refractivity contribution >= 4 is 10.0 Å². The Balaban J connectivity index is 1.64. The van der Waals surface area contributed by atoms with Crippen molar-refractivity contribution in [2.24, 2.45) is 11.1 Å². The van der Waals surface area contributed by atoms with Crippen LogP contribution >= 0.6 is 0 Å². The number of nitrogens with two attached hydrogens (primary N) is 1. The van der Waals surface area contributed by atoms with E-state index in [9.17, 15) is 8.42 Å². The normalized spacial score (nSPS) is 17.0. The molecule has 0 aromatic heterocycles. The van der Waals surface area contributed by atoms with Crippen LogP contribution in [-0.4, -0.2) is 21.5 Å². The number of nitrogens with one attached hydrogen (secondary N) is 1. The van der Waals surface area contributed by atoms with E-state index in [0.29, 0.717) is 0 Å². The Labute approximate surface area is 128 Å². The maximum atomic E-state index is 11.2. The molecule has 4 nitrogen and oxygen atoms in total. The molecule has 1 aliphatic carbocycles. The summed E-state index contributed by atoms with van der Waals surface area (Å²) in [6.07, 6.45) is 9.22. The minimum Gasteiger partial charge on any atom is -0.316 e. The zero-order valence-electron chi connectivity index (χ0n) is 12.6. The molecule has 0 unspecified atom stereocenters. The van der Waals surface area contributed by atoms with Gasteiger partial charge in [0, 0.05) is 0 Å². The minimum atomic E-state index is -3.58. The minimum absolute atomic E-state index is 0.177. The van der Waals surface area contributed by atoms with E-state index in [4.69, 9.17) is 5.14 Å². The molecule has 3 N–H and O–H groups in total. The number of sulfonamides is 1. The number of hydrogen-bond acceptors (Lipinski definition) is 3. The summed E-state index contributed by atoms with van der Waals surface area (Å²) in [5, 5.41) is 8.56. The maximum Gasteiger partial charge on any atom is 0.238 e. The molecule has 0 heterocycles. The zero-order chi connectivity index (χ0) is 15.1. The van der Waals surface area contributed by atoms with Gasteiger partial charge >= 0.3 is 0 Å². The zero-order valence-corrected chi connectivity index (χ0v) is 13.4. The third-order valence-corrected chi connectivity index (χ3v) is 5.23. The van der Waals surface area contributed by atoms with Crippen molar-refractivity contribution < 1.29 is 8.42 Å². The lowest BCUT2D eigenvalue weighted by molar-refractivity contribution is 0.334. The molecule has 118 valence electrons. The summed E-state index contributed by atoms with van der Waals surface area (Å²) in [4.78, 5) is 0.177. The van der Waals surface area contributed by atoms with Gasteiger partial charge in [0.05, 0.1) is 4.90 Å². The molecule has 0 bridgehead atoms. The molecule has 2 rings (SSSR count). The first-order valence-electron chi connectivity index (χ1n) is 7.88. The predicted octanol–water partition coefficient (Wildman–Crippen LogP) is 2.44. The molecule has 0 spiro atoms. The second kappa shape index (κ2) is 7.92. The molecule has 1 fully saturated rings. The molecule has 0 radical (unpaired) electrons. The van der Waals surface area contributed by atoms with Crippen LogP contribution in [0.5, 0.6) is 0 Å². The largest absolute Gasteiger partial charge is 0.316 e. The molecule has 21 heavy (non-hydrogen) atoms. The number of rotatable bonds is 7. The first kappa shape index (κ1) is 16.5. The summed E-state index contributed by atoms with van der Waals surface area (Å²) < 4.78 is 22.3. The van der Waals surface area contributed by atoms with Crippen LogP contribution in [0.1, 0.15) is 44.1 Å². The van der Waals surface area contributed by atoms with Crippen molar-refractivity contribution in [3.63, 3.8) is 0 Å². The Hall–Kier alpha value is -0.910. The molecule has 1 aromatic carbocycles. The molecule has 1 aromatic rings. The van der Waals surface area contributed by atoms with E-state index in [1.165, 1.54) is 38.5 Å². The standard InChI is InChI=1S/C16H26N2O2S/c17-21(19,20)16-8-6-15(7-9-16)11-13-18-12-10-14-4-2-1-3-5-14/h6-9,14,18H,1-5,10-13H2,(H2,17,19,20). The number of benzene rings is 1. The van der Waals surface area contributed by atoms with Crippen LogP contribution in [0, 0.1) is 5.92 Å². The molecule has 0 saturated heterocycles. The number of primary sulfonamides is 1. The summed E-state index contributed by atoms with van der Waals surface area (Å²) in [7, 11) is -3.58. The fourth-order valence-corrected chi connectivity index (χ4v) is 3.50. The predicted molar refractivity (Wildman–Crippen MR) is 85.6 cm³/mol. The molecular weight excluding hydrogens is 284 g/mol. The summed E-state index contributed by atoms with van der Waals surface area (Å²) in [6, 6.07) is 6.82. The van der Waals surface area contributed by atoms with Crippen molar-refractivity contribution in [2.75, 3.05) is 13.1 Å². The lowest BCUT2D eigenvalue weighted by Gasteiger charge is -2.21. The van der Waals surface area contributed by atoms with Gasteiger partial charge in [-0.2, -0.15) is 0 Å². The van der Waals surface area contributed by atoms with Crippen molar-refractivity contribution in [2.45, 2.75) is 49.8 Å². The Bertz CT molecular complexity index is 520. The van der Waals surface area contributed by atoms with E-state index in [-0.39, 0.29) is 4.90 Å². The Morgan fingerprint density at radius 2 is 1.71 bits per heavy atom. The SMILES string of the molecule is NS(=O)(=O)c1ccc(CCNCCC2CCCCC2)cc1. The van der Waals surface area contributed by atoms with Gasteiger partial charge in [0.1, 0.15) is 0 Å². The number of hydrogen-bond donors (Lipinski definition) is 2. The fourth-order valence-electron chi connectivity index (χ4n) is 2.99. The monoisotopic (exact) mass is 310 g/mol. The Kier molecular flexibility index (Phi) is 6.21. The first-order valence-corrected chi connectivity index (χ1v) is 9.43. The van der Waals surface area contributed by atoms with E-state index in [1.54, 1.807) is 12.1 Å². The Morgan fingerprint density at radius 1 is 1.05 bits per heavy atom. The summed E-state index contributed by atoms with van der Waals surface area (Å²) in [5.74, 6) is 0.917. The maximum absolute atomic E-state index is 11.2. The topological polar surface area (TPSA) is 72.2 Å². The van der Waals surface area contributed by atoms with Gasteiger partial charge in [-0.3, -0.25) is 0 Å². The average Bonchev–Trinajstić information content (AvgIpc) is 2.47. The molecule has 1 saturated carbocycles. The van der Waals surface area contributed by atoms with Gasteiger partial charge in [0.15, 0.2) is 0 Å². The molecule has 0 amide bonds. The molecular formula is C16H26N2O2S. The Morgan fingerprint density at radius 3 is 2.33 bits per heavy atom. The van der Waals surface area contributed by atoms with Gasteiger partial charge in [-0.15, -0.1) is 0 Å². The van der Waals surface area contributed by atoms with Crippen LogP contribution in [-0.2, 0) is 16.4 Å². The second-order valence-corrected chi connectivity index (χ2v) is 7.54. The highest BCUT2D eigenvalue weighted by Gasteiger charge is 2.12. The van der Waals surface area contributed by atoms with Gasteiger partial charge in [0.2, 0.25) is 10.0 Å². The summed E-state index contributed by atoms with van der Waals surface area (Å²) >= 11 is 0. The van der Waals surface area contributed by atoms with Crippen LogP contribution < -0.4 is 10.5 Å². The van der Waals surface area contributed by atoms with Crippen LogP contribution in [0.2, 0.25) is 0 Å². The van der Waals surface area contributed by atoms with E-state index in [1.807, 2.05) is 12.1 Å². The third kappa shape index (κ3) is 5.77. The van der Waals surface area contributed by atoms with Crippen LogP contribution in [0.15, 0.2) is 29.2 Å². The van der Waals surface area contributed by atoms with Crippen LogP contribution in [0.4, 0.5) is 0 Å². The molecule has 5 heteroatoms. The summed E-state index contributed by atoms with van der Waals surface area (Å²) in [5.41, 5.74) is 1.13. The second-order valence-electron chi connectivity index (χ2n) is 5.98. The van der Waals surface area contributed by atoms with E-state index in [2.05, 4.69) is 5.32 Å². The van der Waals surface area contributed by atoms with Gasteiger partial charge < -0.3 is 5.32 Å². The highest BCUT2D eigenvalue weighted by Crippen LogP contribution is 2.25. The van der Waals surface area contributed by atoms with Gasteiger partial charge in [-0.25, -0.2) is 13.6 Å². The van der Waals surface area contributed by atoms with Crippen molar-refractivity contribution in [3.05, 3.63) is 29.8 Å². The first-order chi connectivity index (χ1) is 10.1. The average molecular weight is 310 g/mol. The van der Waals surface area contributed by atoms with E-state index in [0.717, 1.165) is 31.0 Å². The highest BCUT2D eigenvalue weighted by molar-refractivity contribution is 7.89. The highest BCUT2D eigenvalue weighted by atomic mass is 32.2. The lowest BCUT2D eigenvalue weighted by atomic mass is 9.87.